The SMILES string of the molecule is Cc1cccc(C(c2ccc(Cl)c(C(F)(F)F)c2)N2CCCNCC2)c1. The minimum Gasteiger partial charge on any atom is -0.315 e. The van der Waals surface area contributed by atoms with E-state index in [2.05, 4.69) is 10.2 Å². The van der Waals surface area contributed by atoms with Crippen LogP contribution in [0.2, 0.25) is 5.02 Å². The van der Waals surface area contributed by atoms with E-state index >= 15 is 0 Å². The maximum Gasteiger partial charge on any atom is 0.417 e. The van der Waals surface area contributed by atoms with Gasteiger partial charge >= 0.3 is 6.18 Å². The van der Waals surface area contributed by atoms with E-state index in [9.17, 15) is 13.2 Å². The molecule has 26 heavy (non-hydrogen) atoms. The van der Waals surface area contributed by atoms with Crippen molar-refractivity contribution in [2.75, 3.05) is 26.2 Å². The van der Waals surface area contributed by atoms with E-state index < -0.39 is 11.7 Å². The normalized spacial score (nSPS) is 17.7. The Morgan fingerprint density at radius 2 is 1.81 bits per heavy atom. The predicted molar refractivity (Wildman–Crippen MR) is 98.5 cm³/mol. The number of halogens is 4. The molecule has 0 amide bonds. The van der Waals surface area contributed by atoms with Crippen LogP contribution in [0.25, 0.3) is 0 Å². The first kappa shape index (κ1) is 19.2. The molecule has 0 aliphatic carbocycles. The quantitative estimate of drug-likeness (QED) is 0.798. The van der Waals surface area contributed by atoms with E-state index in [1.807, 2.05) is 31.2 Å². The molecule has 1 aliphatic heterocycles. The second-order valence-corrected chi connectivity index (χ2v) is 7.10. The van der Waals surface area contributed by atoms with E-state index in [1.54, 1.807) is 6.07 Å². The van der Waals surface area contributed by atoms with Gasteiger partial charge in [-0.2, -0.15) is 13.2 Å². The van der Waals surface area contributed by atoms with Crippen molar-refractivity contribution in [3.05, 3.63) is 69.7 Å². The van der Waals surface area contributed by atoms with Gasteiger partial charge < -0.3 is 5.32 Å². The van der Waals surface area contributed by atoms with Gasteiger partial charge in [0.2, 0.25) is 0 Å². The van der Waals surface area contributed by atoms with Crippen LogP contribution in [0, 0.1) is 6.92 Å². The summed E-state index contributed by atoms with van der Waals surface area (Å²) in [5.41, 5.74) is 1.93. The average molecular weight is 383 g/mol. The van der Waals surface area contributed by atoms with Crippen molar-refractivity contribution in [2.45, 2.75) is 25.6 Å². The van der Waals surface area contributed by atoms with Gasteiger partial charge in [-0.05, 0) is 43.1 Å². The van der Waals surface area contributed by atoms with Gasteiger partial charge in [0.1, 0.15) is 0 Å². The van der Waals surface area contributed by atoms with E-state index in [4.69, 9.17) is 11.6 Å². The molecular weight excluding hydrogens is 361 g/mol. The topological polar surface area (TPSA) is 15.3 Å². The van der Waals surface area contributed by atoms with Crippen molar-refractivity contribution in [3.63, 3.8) is 0 Å². The summed E-state index contributed by atoms with van der Waals surface area (Å²) in [6, 6.07) is 12.0. The smallest absolute Gasteiger partial charge is 0.315 e. The first-order chi connectivity index (χ1) is 12.4. The number of aryl methyl sites for hydroxylation is 1. The number of alkyl halides is 3. The molecule has 1 aliphatic rings. The molecule has 3 rings (SSSR count). The number of hydrogen-bond acceptors (Lipinski definition) is 2. The maximum absolute atomic E-state index is 13.4. The monoisotopic (exact) mass is 382 g/mol. The first-order valence-electron chi connectivity index (χ1n) is 8.74. The third kappa shape index (κ3) is 4.40. The van der Waals surface area contributed by atoms with Crippen molar-refractivity contribution in [2.24, 2.45) is 0 Å². The lowest BCUT2D eigenvalue weighted by molar-refractivity contribution is -0.137. The van der Waals surface area contributed by atoms with Gasteiger partial charge in [-0.3, -0.25) is 4.90 Å². The van der Waals surface area contributed by atoms with Crippen molar-refractivity contribution in [1.82, 2.24) is 10.2 Å². The molecule has 0 saturated carbocycles. The Morgan fingerprint density at radius 1 is 1.04 bits per heavy atom. The largest absolute Gasteiger partial charge is 0.417 e. The molecule has 1 heterocycles. The Morgan fingerprint density at radius 3 is 2.54 bits per heavy atom. The molecule has 1 atom stereocenters. The first-order valence-corrected chi connectivity index (χ1v) is 9.12. The molecule has 1 unspecified atom stereocenters. The van der Waals surface area contributed by atoms with E-state index in [1.165, 1.54) is 12.1 Å². The lowest BCUT2D eigenvalue weighted by Gasteiger charge is -2.32. The van der Waals surface area contributed by atoms with Gasteiger partial charge in [-0.15, -0.1) is 0 Å². The van der Waals surface area contributed by atoms with Crippen LogP contribution in [0.5, 0.6) is 0 Å². The van der Waals surface area contributed by atoms with E-state index in [0.29, 0.717) is 5.56 Å². The summed E-state index contributed by atoms with van der Waals surface area (Å²) in [5, 5.41) is 3.09. The standard InChI is InChI=1S/C20H22ClF3N2/c1-14-4-2-5-15(12-14)19(26-10-3-8-25-9-11-26)16-6-7-18(21)17(13-16)20(22,23)24/h2,4-7,12-13,19,25H,3,8-11H2,1H3. The van der Waals surface area contributed by atoms with Gasteiger partial charge in [0.15, 0.2) is 0 Å². The lowest BCUT2D eigenvalue weighted by atomic mass is 9.94. The second-order valence-electron chi connectivity index (χ2n) is 6.69. The Bertz CT molecular complexity index is 753. The van der Waals surface area contributed by atoms with Crippen LogP contribution in [0.3, 0.4) is 0 Å². The highest BCUT2D eigenvalue weighted by atomic mass is 35.5. The van der Waals surface area contributed by atoms with Crippen LogP contribution in [-0.4, -0.2) is 31.1 Å². The van der Waals surface area contributed by atoms with Gasteiger partial charge in [-0.1, -0.05) is 47.5 Å². The van der Waals surface area contributed by atoms with Gasteiger partial charge in [0, 0.05) is 19.6 Å². The fraction of sp³-hybridized carbons (Fsp3) is 0.400. The van der Waals surface area contributed by atoms with E-state index in [0.717, 1.165) is 43.7 Å². The molecular formula is C20H22ClF3N2. The number of rotatable bonds is 3. The van der Waals surface area contributed by atoms with Crippen LogP contribution in [0.4, 0.5) is 13.2 Å². The molecule has 1 N–H and O–H groups in total. The third-order valence-electron chi connectivity index (χ3n) is 4.71. The molecule has 2 aromatic carbocycles. The Balaban J connectivity index is 2.08. The van der Waals surface area contributed by atoms with Crippen molar-refractivity contribution < 1.29 is 13.2 Å². The summed E-state index contributed by atoms with van der Waals surface area (Å²) in [6.45, 7) is 5.35. The number of nitrogens with one attached hydrogen (secondary N) is 1. The summed E-state index contributed by atoms with van der Waals surface area (Å²) in [5.74, 6) is 0. The summed E-state index contributed by atoms with van der Waals surface area (Å²) in [7, 11) is 0. The number of benzene rings is 2. The van der Waals surface area contributed by atoms with Crippen LogP contribution < -0.4 is 5.32 Å². The van der Waals surface area contributed by atoms with E-state index in [-0.39, 0.29) is 11.1 Å². The highest BCUT2D eigenvalue weighted by Gasteiger charge is 2.34. The summed E-state index contributed by atoms with van der Waals surface area (Å²) in [6.07, 6.45) is -3.51. The minimum atomic E-state index is -4.47. The predicted octanol–water partition coefficient (Wildman–Crippen LogP) is 5.05. The molecule has 1 fully saturated rings. The molecule has 6 heteroatoms. The fourth-order valence-corrected chi connectivity index (χ4v) is 3.73. The van der Waals surface area contributed by atoms with Gasteiger partial charge in [0.05, 0.1) is 16.6 Å². The van der Waals surface area contributed by atoms with Gasteiger partial charge in [-0.25, -0.2) is 0 Å². The Kier molecular flexibility index (Phi) is 5.90. The highest BCUT2D eigenvalue weighted by molar-refractivity contribution is 6.31. The summed E-state index contributed by atoms with van der Waals surface area (Å²) in [4.78, 5) is 2.25. The number of nitrogens with zero attached hydrogens (tertiary/aromatic N) is 1. The fourth-order valence-electron chi connectivity index (χ4n) is 3.51. The molecule has 0 spiro atoms. The van der Waals surface area contributed by atoms with Crippen LogP contribution >= 0.6 is 11.6 Å². The zero-order chi connectivity index (χ0) is 18.7. The van der Waals surface area contributed by atoms with Crippen LogP contribution in [-0.2, 0) is 6.18 Å². The molecule has 0 bridgehead atoms. The van der Waals surface area contributed by atoms with Crippen molar-refractivity contribution in [1.29, 1.82) is 0 Å². The Hall–Kier alpha value is -1.56. The molecule has 2 nitrogen and oxygen atoms in total. The maximum atomic E-state index is 13.4. The average Bonchev–Trinajstić information content (AvgIpc) is 2.85. The second kappa shape index (κ2) is 7.99. The highest BCUT2D eigenvalue weighted by Crippen LogP contribution is 2.38. The molecule has 0 radical (unpaired) electrons. The third-order valence-corrected chi connectivity index (χ3v) is 5.04. The minimum absolute atomic E-state index is 0.229. The summed E-state index contributed by atoms with van der Waals surface area (Å²) < 4.78 is 40.1. The van der Waals surface area contributed by atoms with Crippen molar-refractivity contribution in [3.8, 4) is 0 Å². The number of hydrogen-bond donors (Lipinski definition) is 1. The van der Waals surface area contributed by atoms with Gasteiger partial charge in [0.25, 0.3) is 0 Å². The van der Waals surface area contributed by atoms with Crippen molar-refractivity contribution >= 4 is 11.6 Å². The zero-order valence-electron chi connectivity index (χ0n) is 14.6. The summed E-state index contributed by atoms with van der Waals surface area (Å²) >= 11 is 5.83. The molecule has 2 aromatic rings. The lowest BCUT2D eigenvalue weighted by Crippen LogP contribution is -2.33. The Labute approximate surface area is 157 Å². The zero-order valence-corrected chi connectivity index (χ0v) is 15.4. The molecule has 0 aromatic heterocycles. The molecule has 140 valence electrons. The van der Waals surface area contributed by atoms with Crippen LogP contribution in [0.15, 0.2) is 42.5 Å². The van der Waals surface area contributed by atoms with Crippen LogP contribution in [0.1, 0.15) is 34.7 Å². The molecule has 1 saturated heterocycles.